The van der Waals surface area contributed by atoms with E-state index >= 15 is 0 Å². The van der Waals surface area contributed by atoms with Gasteiger partial charge < -0.3 is 20.1 Å². The molecule has 2 aromatic rings. The number of carbonyl (C=O) groups excluding carboxylic acids is 1. The molecule has 0 atom stereocenters. The van der Waals surface area contributed by atoms with Crippen LogP contribution in [0.2, 0.25) is 0 Å². The third-order valence-corrected chi connectivity index (χ3v) is 4.01. The number of piperazine rings is 1. The van der Waals surface area contributed by atoms with Gasteiger partial charge in [0.1, 0.15) is 6.54 Å². The van der Waals surface area contributed by atoms with Crippen molar-refractivity contribution in [1.29, 1.82) is 0 Å². The van der Waals surface area contributed by atoms with Crippen LogP contribution in [0.1, 0.15) is 0 Å². The fraction of sp³-hybridized carbons (Fsp3) is 0.400. The van der Waals surface area contributed by atoms with E-state index in [0.717, 1.165) is 42.8 Å². The second kappa shape index (κ2) is 5.17. The molecule has 0 bridgehead atoms. The fourth-order valence-corrected chi connectivity index (χ4v) is 2.69. The molecule has 3 rings (SSSR count). The normalized spacial score (nSPS) is 16.8. The van der Waals surface area contributed by atoms with Crippen LogP contribution < -0.4 is 5.73 Å². The van der Waals surface area contributed by atoms with Gasteiger partial charge in [0.2, 0.25) is 5.91 Å². The molecule has 1 saturated heterocycles. The summed E-state index contributed by atoms with van der Waals surface area (Å²) >= 11 is 0. The van der Waals surface area contributed by atoms with Crippen molar-refractivity contribution >= 4 is 22.5 Å². The second-order valence-electron chi connectivity index (χ2n) is 5.41. The largest absolute Gasteiger partial charge is 0.398 e. The number of fused-ring (bicyclic) bond motifs is 1. The minimum absolute atomic E-state index is 0.179. The van der Waals surface area contributed by atoms with Crippen LogP contribution in [0, 0.1) is 0 Å². The zero-order valence-electron chi connectivity index (χ0n) is 11.7. The first-order valence-corrected chi connectivity index (χ1v) is 6.95. The molecule has 1 aliphatic heterocycles. The summed E-state index contributed by atoms with van der Waals surface area (Å²) in [4.78, 5) is 16.5. The lowest BCUT2D eigenvalue weighted by Crippen LogP contribution is -2.48. The molecule has 0 radical (unpaired) electrons. The molecule has 0 spiro atoms. The molecule has 1 aromatic carbocycles. The van der Waals surface area contributed by atoms with Gasteiger partial charge in [-0.25, -0.2) is 0 Å². The first-order valence-electron chi connectivity index (χ1n) is 6.95. The Labute approximate surface area is 118 Å². The summed E-state index contributed by atoms with van der Waals surface area (Å²) in [6.45, 7) is 3.92. The number of hydrogen-bond acceptors (Lipinski definition) is 3. The van der Waals surface area contributed by atoms with E-state index < -0.39 is 0 Å². The number of likely N-dealkylation sites (N-methyl/N-ethyl adjacent to an activating group) is 1. The van der Waals surface area contributed by atoms with Crippen LogP contribution in [0.15, 0.2) is 30.5 Å². The summed E-state index contributed by atoms with van der Waals surface area (Å²) in [5, 5.41) is 1.01. The molecule has 1 amide bonds. The monoisotopic (exact) mass is 272 g/mol. The maximum Gasteiger partial charge on any atom is 0.242 e. The molecule has 20 heavy (non-hydrogen) atoms. The summed E-state index contributed by atoms with van der Waals surface area (Å²) in [7, 11) is 2.09. The molecule has 1 aliphatic rings. The van der Waals surface area contributed by atoms with Crippen LogP contribution >= 0.6 is 0 Å². The highest BCUT2D eigenvalue weighted by molar-refractivity contribution is 5.92. The topological polar surface area (TPSA) is 54.5 Å². The molecule has 0 unspecified atom stereocenters. The van der Waals surface area contributed by atoms with Gasteiger partial charge in [-0.2, -0.15) is 0 Å². The summed E-state index contributed by atoms with van der Waals surface area (Å²) in [5.41, 5.74) is 7.72. The lowest BCUT2D eigenvalue weighted by atomic mass is 10.2. The van der Waals surface area contributed by atoms with E-state index in [9.17, 15) is 4.79 Å². The SMILES string of the molecule is CN1CCN(C(=O)Cn2ccc3c(N)cccc32)CC1. The smallest absolute Gasteiger partial charge is 0.242 e. The van der Waals surface area contributed by atoms with Crippen molar-refractivity contribution in [2.24, 2.45) is 0 Å². The first-order chi connectivity index (χ1) is 9.65. The van der Waals surface area contributed by atoms with Gasteiger partial charge in [0.05, 0.1) is 5.52 Å². The van der Waals surface area contributed by atoms with Crippen molar-refractivity contribution in [1.82, 2.24) is 14.4 Å². The van der Waals surface area contributed by atoms with Gasteiger partial charge in [-0.15, -0.1) is 0 Å². The van der Waals surface area contributed by atoms with Crippen LogP contribution in [0.5, 0.6) is 0 Å². The van der Waals surface area contributed by atoms with E-state index in [1.54, 1.807) is 0 Å². The van der Waals surface area contributed by atoms with Crippen molar-refractivity contribution in [3.63, 3.8) is 0 Å². The third kappa shape index (κ3) is 2.36. The molecule has 0 aliphatic carbocycles. The molecule has 5 heteroatoms. The Morgan fingerprint density at radius 2 is 1.95 bits per heavy atom. The van der Waals surface area contributed by atoms with Gasteiger partial charge in [-0.1, -0.05) is 6.07 Å². The molecule has 0 saturated carbocycles. The molecule has 5 nitrogen and oxygen atoms in total. The van der Waals surface area contributed by atoms with Crippen molar-refractivity contribution in [2.75, 3.05) is 39.0 Å². The lowest BCUT2D eigenvalue weighted by molar-refractivity contribution is -0.133. The van der Waals surface area contributed by atoms with Gasteiger partial charge in [0, 0.05) is 43.4 Å². The van der Waals surface area contributed by atoms with E-state index in [2.05, 4.69) is 11.9 Å². The van der Waals surface area contributed by atoms with Crippen molar-refractivity contribution in [2.45, 2.75) is 6.54 Å². The van der Waals surface area contributed by atoms with Gasteiger partial charge in [-0.3, -0.25) is 4.79 Å². The Morgan fingerprint density at radius 3 is 2.70 bits per heavy atom. The molecule has 1 aromatic heterocycles. The lowest BCUT2D eigenvalue weighted by Gasteiger charge is -2.32. The van der Waals surface area contributed by atoms with E-state index in [1.807, 2.05) is 39.9 Å². The molecule has 2 N–H and O–H groups in total. The number of anilines is 1. The van der Waals surface area contributed by atoms with Crippen LogP contribution in [-0.4, -0.2) is 53.5 Å². The highest BCUT2D eigenvalue weighted by Crippen LogP contribution is 2.22. The third-order valence-electron chi connectivity index (χ3n) is 4.01. The zero-order valence-corrected chi connectivity index (χ0v) is 11.7. The number of benzene rings is 1. The summed E-state index contributed by atoms with van der Waals surface area (Å²) in [6.07, 6.45) is 1.94. The first kappa shape index (κ1) is 13.0. The van der Waals surface area contributed by atoms with E-state index in [0.29, 0.717) is 6.54 Å². The van der Waals surface area contributed by atoms with Crippen LogP contribution in [0.3, 0.4) is 0 Å². The molecular formula is C15H20N4O. The quantitative estimate of drug-likeness (QED) is 0.830. The molecular weight excluding hydrogens is 252 g/mol. The summed E-state index contributed by atoms with van der Waals surface area (Å²) in [5.74, 6) is 0.179. The Morgan fingerprint density at radius 1 is 1.20 bits per heavy atom. The maximum atomic E-state index is 12.4. The predicted molar refractivity (Wildman–Crippen MR) is 80.4 cm³/mol. The molecule has 2 heterocycles. The van der Waals surface area contributed by atoms with Crippen LogP contribution in [0.25, 0.3) is 10.9 Å². The number of nitrogens with zero attached hydrogens (tertiary/aromatic N) is 3. The number of aromatic nitrogens is 1. The molecule has 106 valence electrons. The Hall–Kier alpha value is -2.01. The van der Waals surface area contributed by atoms with Crippen molar-refractivity contribution in [3.05, 3.63) is 30.5 Å². The highest BCUT2D eigenvalue weighted by Gasteiger charge is 2.19. The standard InChI is InChI=1S/C15H20N4O/c1-17-7-9-18(10-8-17)15(20)11-19-6-5-12-13(16)3-2-4-14(12)19/h2-6H,7-11,16H2,1H3. The zero-order chi connectivity index (χ0) is 14.1. The Bertz CT molecular complexity index is 626. The van der Waals surface area contributed by atoms with Gasteiger partial charge in [0.25, 0.3) is 0 Å². The summed E-state index contributed by atoms with van der Waals surface area (Å²) < 4.78 is 1.98. The number of nitrogen functional groups attached to an aromatic ring is 1. The minimum Gasteiger partial charge on any atom is -0.398 e. The number of rotatable bonds is 2. The Balaban J connectivity index is 1.76. The van der Waals surface area contributed by atoms with Gasteiger partial charge >= 0.3 is 0 Å². The maximum absolute atomic E-state index is 12.4. The number of carbonyl (C=O) groups is 1. The number of amides is 1. The highest BCUT2D eigenvalue weighted by atomic mass is 16.2. The summed E-state index contributed by atoms with van der Waals surface area (Å²) in [6, 6.07) is 7.79. The van der Waals surface area contributed by atoms with Gasteiger partial charge in [-0.05, 0) is 25.2 Å². The van der Waals surface area contributed by atoms with Gasteiger partial charge in [0.15, 0.2) is 0 Å². The fourth-order valence-electron chi connectivity index (χ4n) is 2.69. The average molecular weight is 272 g/mol. The van der Waals surface area contributed by atoms with E-state index in [1.165, 1.54) is 0 Å². The average Bonchev–Trinajstić information content (AvgIpc) is 2.84. The Kier molecular flexibility index (Phi) is 3.36. The van der Waals surface area contributed by atoms with Crippen LogP contribution in [-0.2, 0) is 11.3 Å². The minimum atomic E-state index is 0.179. The van der Waals surface area contributed by atoms with Crippen molar-refractivity contribution < 1.29 is 4.79 Å². The molecule has 1 fully saturated rings. The van der Waals surface area contributed by atoms with E-state index in [4.69, 9.17) is 5.73 Å². The van der Waals surface area contributed by atoms with Crippen LogP contribution in [0.4, 0.5) is 5.69 Å². The van der Waals surface area contributed by atoms with E-state index in [-0.39, 0.29) is 5.91 Å². The predicted octanol–water partition coefficient (Wildman–Crippen LogP) is 0.997. The number of hydrogen-bond donors (Lipinski definition) is 1. The second-order valence-corrected chi connectivity index (χ2v) is 5.41. The van der Waals surface area contributed by atoms with Crippen molar-refractivity contribution in [3.8, 4) is 0 Å². The number of nitrogens with two attached hydrogens (primary N) is 1.